The van der Waals surface area contributed by atoms with E-state index in [0.717, 1.165) is 25.7 Å². The first-order valence-corrected chi connectivity index (χ1v) is 8.16. The summed E-state index contributed by atoms with van der Waals surface area (Å²) in [6.07, 6.45) is 8.91. The second-order valence-electron chi connectivity index (χ2n) is 7.13. The molecule has 110 valence electrons. The molecule has 1 heterocycles. The Morgan fingerprint density at radius 2 is 1.95 bits per heavy atom. The molecule has 3 rings (SSSR count). The first kappa shape index (κ1) is 13.8. The van der Waals surface area contributed by atoms with Gasteiger partial charge in [-0.1, -0.05) is 33.1 Å². The highest BCUT2D eigenvalue weighted by atomic mass is 16.5. The van der Waals surface area contributed by atoms with Gasteiger partial charge in [0.05, 0.1) is 18.8 Å². The van der Waals surface area contributed by atoms with Gasteiger partial charge in [-0.25, -0.2) is 0 Å². The summed E-state index contributed by atoms with van der Waals surface area (Å²) in [6.45, 7) is 7.48. The van der Waals surface area contributed by atoms with Crippen LogP contribution in [0.5, 0.6) is 0 Å². The first-order chi connectivity index (χ1) is 9.19. The SMILES string of the molecule is CC1(C)C(NCCOC2CCCCC2)C2CCOC21. The number of ether oxygens (including phenoxy) is 2. The van der Waals surface area contributed by atoms with Crippen molar-refractivity contribution >= 4 is 0 Å². The minimum atomic E-state index is 0.298. The molecule has 1 saturated heterocycles. The number of nitrogens with one attached hydrogen (secondary N) is 1. The molecule has 2 aliphatic carbocycles. The molecule has 0 aromatic heterocycles. The highest BCUT2D eigenvalue weighted by molar-refractivity contribution is 5.11. The van der Waals surface area contributed by atoms with Gasteiger partial charge in [-0.05, 0) is 19.3 Å². The van der Waals surface area contributed by atoms with Crippen molar-refractivity contribution in [1.29, 1.82) is 0 Å². The summed E-state index contributed by atoms with van der Waals surface area (Å²) < 4.78 is 11.8. The summed E-state index contributed by atoms with van der Waals surface area (Å²) in [5.41, 5.74) is 0.298. The Labute approximate surface area is 117 Å². The highest BCUT2D eigenvalue weighted by Gasteiger charge is 2.58. The van der Waals surface area contributed by atoms with E-state index < -0.39 is 0 Å². The van der Waals surface area contributed by atoms with Crippen LogP contribution in [-0.2, 0) is 9.47 Å². The van der Waals surface area contributed by atoms with E-state index in [1.165, 1.54) is 38.5 Å². The van der Waals surface area contributed by atoms with Crippen molar-refractivity contribution in [3.8, 4) is 0 Å². The van der Waals surface area contributed by atoms with E-state index in [-0.39, 0.29) is 0 Å². The van der Waals surface area contributed by atoms with Gasteiger partial charge in [-0.3, -0.25) is 0 Å². The zero-order valence-corrected chi connectivity index (χ0v) is 12.5. The molecule has 1 aliphatic heterocycles. The minimum absolute atomic E-state index is 0.298. The van der Waals surface area contributed by atoms with Gasteiger partial charge in [-0.2, -0.15) is 0 Å². The third-order valence-electron chi connectivity index (χ3n) is 5.47. The van der Waals surface area contributed by atoms with Crippen LogP contribution >= 0.6 is 0 Å². The molecule has 2 saturated carbocycles. The molecule has 3 nitrogen and oxygen atoms in total. The van der Waals surface area contributed by atoms with Gasteiger partial charge in [0.2, 0.25) is 0 Å². The van der Waals surface area contributed by atoms with Gasteiger partial charge >= 0.3 is 0 Å². The molecule has 0 bridgehead atoms. The van der Waals surface area contributed by atoms with Crippen molar-refractivity contribution < 1.29 is 9.47 Å². The fraction of sp³-hybridized carbons (Fsp3) is 1.00. The average molecular weight is 267 g/mol. The van der Waals surface area contributed by atoms with Crippen molar-refractivity contribution in [2.75, 3.05) is 19.8 Å². The number of hydrogen-bond donors (Lipinski definition) is 1. The summed E-state index contributed by atoms with van der Waals surface area (Å²) in [7, 11) is 0. The van der Waals surface area contributed by atoms with Crippen LogP contribution in [0.1, 0.15) is 52.4 Å². The van der Waals surface area contributed by atoms with Gasteiger partial charge in [0.25, 0.3) is 0 Å². The van der Waals surface area contributed by atoms with Gasteiger partial charge in [0, 0.05) is 30.5 Å². The molecule has 0 amide bonds. The Morgan fingerprint density at radius 1 is 1.16 bits per heavy atom. The Hall–Kier alpha value is -0.120. The molecule has 3 unspecified atom stereocenters. The molecule has 3 heteroatoms. The molecule has 0 aromatic carbocycles. The number of rotatable bonds is 5. The average Bonchev–Trinajstić information content (AvgIpc) is 2.86. The lowest BCUT2D eigenvalue weighted by atomic mass is 9.57. The summed E-state index contributed by atoms with van der Waals surface area (Å²) in [5, 5.41) is 3.72. The van der Waals surface area contributed by atoms with E-state index in [1.54, 1.807) is 0 Å². The van der Waals surface area contributed by atoms with Crippen LogP contribution in [0.15, 0.2) is 0 Å². The largest absolute Gasteiger partial charge is 0.377 e. The Morgan fingerprint density at radius 3 is 2.74 bits per heavy atom. The fourth-order valence-electron chi connectivity index (χ4n) is 4.41. The lowest BCUT2D eigenvalue weighted by Crippen LogP contribution is -2.66. The molecular weight excluding hydrogens is 238 g/mol. The summed E-state index contributed by atoms with van der Waals surface area (Å²) in [4.78, 5) is 0. The van der Waals surface area contributed by atoms with Crippen LogP contribution in [0, 0.1) is 11.3 Å². The van der Waals surface area contributed by atoms with Gasteiger partial charge in [0.1, 0.15) is 0 Å². The second-order valence-corrected chi connectivity index (χ2v) is 7.13. The summed E-state index contributed by atoms with van der Waals surface area (Å²) in [5.74, 6) is 0.740. The third-order valence-corrected chi connectivity index (χ3v) is 5.47. The van der Waals surface area contributed by atoms with E-state index >= 15 is 0 Å². The molecule has 0 radical (unpaired) electrons. The molecular formula is C16H29NO2. The monoisotopic (exact) mass is 267 g/mol. The van der Waals surface area contributed by atoms with Gasteiger partial charge in [0.15, 0.2) is 0 Å². The maximum absolute atomic E-state index is 5.99. The van der Waals surface area contributed by atoms with Gasteiger partial charge in [-0.15, -0.1) is 0 Å². The molecule has 3 fully saturated rings. The zero-order valence-electron chi connectivity index (χ0n) is 12.5. The van der Waals surface area contributed by atoms with Crippen LogP contribution in [0.4, 0.5) is 0 Å². The number of fused-ring (bicyclic) bond motifs is 1. The molecule has 3 aliphatic rings. The Balaban J connectivity index is 1.36. The van der Waals surface area contributed by atoms with E-state index in [9.17, 15) is 0 Å². The van der Waals surface area contributed by atoms with Crippen LogP contribution in [-0.4, -0.2) is 38.0 Å². The van der Waals surface area contributed by atoms with E-state index in [4.69, 9.17) is 9.47 Å². The van der Waals surface area contributed by atoms with Crippen molar-refractivity contribution in [2.45, 2.75) is 70.6 Å². The molecule has 0 spiro atoms. The van der Waals surface area contributed by atoms with Gasteiger partial charge < -0.3 is 14.8 Å². The van der Waals surface area contributed by atoms with E-state index in [2.05, 4.69) is 19.2 Å². The van der Waals surface area contributed by atoms with Crippen LogP contribution < -0.4 is 5.32 Å². The van der Waals surface area contributed by atoms with E-state index in [0.29, 0.717) is 23.7 Å². The Bertz CT molecular complexity index is 299. The molecule has 1 N–H and O–H groups in total. The topological polar surface area (TPSA) is 30.5 Å². The van der Waals surface area contributed by atoms with E-state index in [1.807, 2.05) is 0 Å². The normalized spacial score (nSPS) is 37.9. The summed E-state index contributed by atoms with van der Waals surface area (Å²) in [6, 6.07) is 0.620. The predicted molar refractivity (Wildman–Crippen MR) is 76.2 cm³/mol. The van der Waals surface area contributed by atoms with Crippen LogP contribution in [0.2, 0.25) is 0 Å². The minimum Gasteiger partial charge on any atom is -0.377 e. The van der Waals surface area contributed by atoms with Crippen LogP contribution in [0.3, 0.4) is 0 Å². The summed E-state index contributed by atoms with van der Waals surface area (Å²) >= 11 is 0. The van der Waals surface area contributed by atoms with Crippen molar-refractivity contribution in [3.63, 3.8) is 0 Å². The highest BCUT2D eigenvalue weighted by Crippen LogP contribution is 2.51. The lowest BCUT2D eigenvalue weighted by Gasteiger charge is -2.55. The van der Waals surface area contributed by atoms with Crippen molar-refractivity contribution in [2.24, 2.45) is 11.3 Å². The van der Waals surface area contributed by atoms with Crippen molar-refractivity contribution in [3.05, 3.63) is 0 Å². The maximum Gasteiger partial charge on any atom is 0.0685 e. The lowest BCUT2D eigenvalue weighted by molar-refractivity contribution is -0.114. The third kappa shape index (κ3) is 2.70. The Kier molecular flexibility index (Phi) is 4.16. The number of hydrogen-bond acceptors (Lipinski definition) is 3. The maximum atomic E-state index is 5.99. The smallest absolute Gasteiger partial charge is 0.0685 e. The fourth-order valence-corrected chi connectivity index (χ4v) is 4.41. The first-order valence-electron chi connectivity index (χ1n) is 8.16. The predicted octanol–water partition coefficient (Wildman–Crippen LogP) is 2.74. The van der Waals surface area contributed by atoms with Crippen LogP contribution in [0.25, 0.3) is 0 Å². The standard InChI is InChI=1S/C16H29NO2/c1-16(2)14(13-8-10-19-15(13)16)17-9-11-18-12-6-4-3-5-7-12/h12-15,17H,3-11H2,1-2H3. The molecule has 0 aromatic rings. The molecule has 3 atom stereocenters. The zero-order chi connectivity index (χ0) is 13.3. The molecule has 19 heavy (non-hydrogen) atoms. The van der Waals surface area contributed by atoms with Crippen molar-refractivity contribution in [1.82, 2.24) is 5.32 Å². The second kappa shape index (κ2) is 5.71. The quantitative estimate of drug-likeness (QED) is 0.777.